The molecule has 0 unspecified atom stereocenters. The van der Waals surface area contributed by atoms with E-state index in [1.807, 2.05) is 6.20 Å². The lowest BCUT2D eigenvalue weighted by atomic mass is 9.96. The molecular formula is C22H30N6O2S. The van der Waals surface area contributed by atoms with Crippen LogP contribution in [0.15, 0.2) is 35.4 Å². The second-order valence-corrected chi connectivity index (χ2v) is 9.91. The van der Waals surface area contributed by atoms with Gasteiger partial charge in [-0.3, -0.25) is 0 Å². The Kier molecular flexibility index (Phi) is 6.52. The second kappa shape index (κ2) is 9.32. The van der Waals surface area contributed by atoms with Gasteiger partial charge in [0.15, 0.2) is 5.65 Å². The molecule has 1 fully saturated rings. The number of aromatic nitrogens is 4. The first-order chi connectivity index (χ1) is 15.0. The fourth-order valence-electron chi connectivity index (χ4n) is 4.09. The van der Waals surface area contributed by atoms with E-state index in [0.717, 1.165) is 54.5 Å². The SMILES string of the molecule is CCCCNc1ncc2c(-c3ccc(S(=O)(=O)NC)cc3)nn(C3CCCCC3)c2n1. The Balaban J connectivity index is 1.76. The third kappa shape index (κ3) is 4.57. The Morgan fingerprint density at radius 1 is 1.13 bits per heavy atom. The van der Waals surface area contributed by atoms with Crippen LogP contribution in [0.4, 0.5) is 5.95 Å². The molecule has 1 saturated carbocycles. The molecule has 166 valence electrons. The van der Waals surface area contributed by atoms with Crippen molar-refractivity contribution in [2.45, 2.75) is 62.8 Å². The minimum absolute atomic E-state index is 0.230. The van der Waals surface area contributed by atoms with Crippen LogP contribution in [0.3, 0.4) is 0 Å². The first-order valence-corrected chi connectivity index (χ1v) is 12.5. The second-order valence-electron chi connectivity index (χ2n) is 8.03. The summed E-state index contributed by atoms with van der Waals surface area (Å²) < 4.78 is 28.5. The molecule has 0 atom stereocenters. The van der Waals surface area contributed by atoms with Gasteiger partial charge >= 0.3 is 0 Å². The Morgan fingerprint density at radius 2 is 1.87 bits per heavy atom. The molecule has 0 radical (unpaired) electrons. The summed E-state index contributed by atoms with van der Waals surface area (Å²) in [5.41, 5.74) is 2.47. The average molecular weight is 443 g/mol. The van der Waals surface area contributed by atoms with E-state index in [4.69, 9.17) is 10.1 Å². The minimum atomic E-state index is -3.48. The van der Waals surface area contributed by atoms with Gasteiger partial charge in [0.2, 0.25) is 16.0 Å². The van der Waals surface area contributed by atoms with Gasteiger partial charge in [-0.15, -0.1) is 0 Å². The van der Waals surface area contributed by atoms with E-state index in [1.54, 1.807) is 24.3 Å². The first-order valence-electron chi connectivity index (χ1n) is 11.1. The minimum Gasteiger partial charge on any atom is -0.354 e. The van der Waals surface area contributed by atoms with Gasteiger partial charge in [-0.05, 0) is 38.4 Å². The molecule has 0 spiro atoms. The summed E-state index contributed by atoms with van der Waals surface area (Å²) in [4.78, 5) is 9.55. The highest BCUT2D eigenvalue weighted by Crippen LogP contribution is 2.34. The normalized spacial score (nSPS) is 15.4. The Bertz CT molecular complexity index is 1130. The van der Waals surface area contributed by atoms with Gasteiger partial charge in [-0.2, -0.15) is 10.1 Å². The molecule has 4 rings (SSSR count). The monoisotopic (exact) mass is 442 g/mol. The van der Waals surface area contributed by atoms with E-state index in [0.29, 0.717) is 12.0 Å². The summed E-state index contributed by atoms with van der Waals surface area (Å²) >= 11 is 0. The molecule has 1 aliphatic carbocycles. The van der Waals surface area contributed by atoms with E-state index in [9.17, 15) is 8.42 Å². The average Bonchev–Trinajstić information content (AvgIpc) is 3.19. The molecule has 9 heteroatoms. The van der Waals surface area contributed by atoms with Gasteiger partial charge < -0.3 is 5.32 Å². The van der Waals surface area contributed by atoms with E-state index >= 15 is 0 Å². The summed E-state index contributed by atoms with van der Waals surface area (Å²) in [5, 5.41) is 9.15. The lowest BCUT2D eigenvalue weighted by Gasteiger charge is -2.22. The maximum absolute atomic E-state index is 12.1. The summed E-state index contributed by atoms with van der Waals surface area (Å²) in [6, 6.07) is 7.13. The number of anilines is 1. The molecule has 1 aromatic carbocycles. The van der Waals surface area contributed by atoms with Crippen LogP contribution >= 0.6 is 0 Å². The summed E-state index contributed by atoms with van der Waals surface area (Å²) in [7, 11) is -2.07. The van der Waals surface area contributed by atoms with Crippen molar-refractivity contribution in [3.05, 3.63) is 30.5 Å². The van der Waals surface area contributed by atoms with Crippen LogP contribution in [0.1, 0.15) is 57.9 Å². The quantitative estimate of drug-likeness (QED) is 0.509. The maximum Gasteiger partial charge on any atom is 0.240 e. The topological polar surface area (TPSA) is 102 Å². The van der Waals surface area contributed by atoms with Crippen LogP contribution in [0.2, 0.25) is 0 Å². The lowest BCUT2D eigenvalue weighted by Crippen LogP contribution is -2.18. The van der Waals surface area contributed by atoms with Gasteiger partial charge in [0.1, 0.15) is 5.69 Å². The number of unbranched alkanes of at least 4 members (excludes halogenated alkanes) is 1. The van der Waals surface area contributed by atoms with E-state index in [2.05, 4.69) is 26.6 Å². The lowest BCUT2D eigenvalue weighted by molar-refractivity contribution is 0.336. The summed E-state index contributed by atoms with van der Waals surface area (Å²) in [5.74, 6) is 0.625. The van der Waals surface area contributed by atoms with Crippen molar-refractivity contribution in [2.75, 3.05) is 18.9 Å². The van der Waals surface area contributed by atoms with Crippen LogP contribution in [0, 0.1) is 0 Å². The number of hydrogen-bond acceptors (Lipinski definition) is 6. The highest BCUT2D eigenvalue weighted by molar-refractivity contribution is 7.89. The predicted octanol–water partition coefficient (Wildman–Crippen LogP) is 4.12. The van der Waals surface area contributed by atoms with Crippen molar-refractivity contribution in [3.63, 3.8) is 0 Å². The zero-order valence-electron chi connectivity index (χ0n) is 18.1. The molecule has 0 amide bonds. The third-order valence-electron chi connectivity index (χ3n) is 5.89. The number of nitrogens with one attached hydrogen (secondary N) is 2. The van der Waals surface area contributed by atoms with Crippen LogP contribution in [0.5, 0.6) is 0 Å². The molecule has 2 N–H and O–H groups in total. The number of sulfonamides is 1. The first kappa shape index (κ1) is 21.7. The molecule has 0 saturated heterocycles. The summed E-state index contributed by atoms with van der Waals surface area (Å²) in [6.07, 6.45) is 9.86. The molecular weight excluding hydrogens is 412 g/mol. The molecule has 31 heavy (non-hydrogen) atoms. The molecule has 3 aromatic rings. The fourth-order valence-corrected chi connectivity index (χ4v) is 4.82. The third-order valence-corrected chi connectivity index (χ3v) is 7.32. The number of benzene rings is 1. The largest absolute Gasteiger partial charge is 0.354 e. The number of hydrogen-bond donors (Lipinski definition) is 2. The van der Waals surface area contributed by atoms with Crippen molar-refractivity contribution >= 4 is 27.0 Å². The molecule has 1 aliphatic rings. The maximum atomic E-state index is 12.1. The molecule has 2 aromatic heterocycles. The smallest absolute Gasteiger partial charge is 0.240 e. The summed E-state index contributed by atoms with van der Waals surface area (Å²) in [6.45, 7) is 3.00. The van der Waals surface area contributed by atoms with Gasteiger partial charge in [0, 0.05) is 18.3 Å². The molecule has 8 nitrogen and oxygen atoms in total. The van der Waals surface area contributed by atoms with Crippen LogP contribution in [0.25, 0.3) is 22.3 Å². The van der Waals surface area contributed by atoms with Crippen LogP contribution < -0.4 is 10.0 Å². The number of rotatable bonds is 8. The Labute approximate surface area is 183 Å². The fraction of sp³-hybridized carbons (Fsp3) is 0.500. The zero-order valence-corrected chi connectivity index (χ0v) is 19.0. The van der Waals surface area contributed by atoms with E-state index in [-0.39, 0.29) is 4.90 Å². The van der Waals surface area contributed by atoms with Crippen LogP contribution in [-0.4, -0.2) is 41.8 Å². The standard InChI is InChI=1S/C22H30N6O2S/c1-3-4-14-24-22-25-15-19-20(16-10-12-18(13-11-16)31(29,30)23-2)27-28(21(19)26-22)17-8-6-5-7-9-17/h10-13,15,17,23H,3-9,14H2,1-2H3,(H,24,25,26). The Hall–Kier alpha value is -2.52. The van der Waals surface area contributed by atoms with E-state index in [1.165, 1.54) is 26.3 Å². The highest BCUT2D eigenvalue weighted by atomic mass is 32.2. The van der Waals surface area contributed by atoms with Gasteiger partial charge in [0.25, 0.3) is 0 Å². The molecule has 0 bridgehead atoms. The van der Waals surface area contributed by atoms with Gasteiger partial charge in [0.05, 0.1) is 16.3 Å². The van der Waals surface area contributed by atoms with Crippen molar-refractivity contribution in [1.29, 1.82) is 0 Å². The molecule has 2 heterocycles. The zero-order chi connectivity index (χ0) is 21.8. The van der Waals surface area contributed by atoms with Gasteiger partial charge in [-0.25, -0.2) is 22.8 Å². The van der Waals surface area contributed by atoms with Crippen molar-refractivity contribution < 1.29 is 8.42 Å². The Morgan fingerprint density at radius 3 is 2.55 bits per heavy atom. The molecule has 0 aliphatic heterocycles. The highest BCUT2D eigenvalue weighted by Gasteiger charge is 2.23. The predicted molar refractivity (Wildman–Crippen MR) is 123 cm³/mol. The van der Waals surface area contributed by atoms with Crippen molar-refractivity contribution in [3.8, 4) is 11.3 Å². The van der Waals surface area contributed by atoms with E-state index < -0.39 is 10.0 Å². The number of fused-ring (bicyclic) bond motifs is 1. The van der Waals surface area contributed by atoms with Crippen molar-refractivity contribution in [1.82, 2.24) is 24.5 Å². The van der Waals surface area contributed by atoms with Gasteiger partial charge in [-0.1, -0.05) is 44.7 Å². The number of nitrogens with zero attached hydrogens (tertiary/aromatic N) is 4. The van der Waals surface area contributed by atoms with Crippen molar-refractivity contribution in [2.24, 2.45) is 0 Å². The van der Waals surface area contributed by atoms with Crippen LogP contribution in [-0.2, 0) is 10.0 Å².